The van der Waals surface area contributed by atoms with Gasteiger partial charge >= 0.3 is 11.9 Å². The standard InChI is InChI=1S/C6H8O6/c7-5(8)3-1-4(6(9)10)12-11-2-3/h3-4H,1-2H2,(H,7,8)(H,9,10). The van der Waals surface area contributed by atoms with E-state index in [1.807, 2.05) is 0 Å². The molecular formula is C6H8O6. The highest BCUT2D eigenvalue weighted by Gasteiger charge is 2.33. The van der Waals surface area contributed by atoms with E-state index in [2.05, 4.69) is 9.78 Å². The molecule has 2 unspecified atom stereocenters. The van der Waals surface area contributed by atoms with E-state index in [-0.39, 0.29) is 13.0 Å². The van der Waals surface area contributed by atoms with Gasteiger partial charge in [-0.05, 0) is 0 Å². The SMILES string of the molecule is O=C(O)C1COOC(C(=O)O)C1. The van der Waals surface area contributed by atoms with Crippen LogP contribution in [0.3, 0.4) is 0 Å². The van der Waals surface area contributed by atoms with Crippen LogP contribution in [0.25, 0.3) is 0 Å². The minimum absolute atomic E-state index is 0.0509. The Morgan fingerprint density at radius 1 is 1.25 bits per heavy atom. The van der Waals surface area contributed by atoms with Crippen LogP contribution < -0.4 is 0 Å². The van der Waals surface area contributed by atoms with Crippen LogP contribution in [0.1, 0.15) is 6.42 Å². The van der Waals surface area contributed by atoms with Gasteiger partial charge in [-0.3, -0.25) is 4.79 Å². The molecule has 1 aliphatic rings. The molecule has 0 bridgehead atoms. The lowest BCUT2D eigenvalue weighted by Gasteiger charge is -2.22. The van der Waals surface area contributed by atoms with Crippen LogP contribution in [0.2, 0.25) is 0 Å². The Labute approximate surface area is 67.6 Å². The molecule has 0 radical (unpaired) electrons. The smallest absolute Gasteiger partial charge is 0.336 e. The molecule has 2 N–H and O–H groups in total. The second kappa shape index (κ2) is 3.51. The van der Waals surface area contributed by atoms with Crippen molar-refractivity contribution < 1.29 is 29.6 Å². The zero-order valence-corrected chi connectivity index (χ0v) is 6.10. The number of hydrogen-bond donors (Lipinski definition) is 2. The van der Waals surface area contributed by atoms with Crippen molar-refractivity contribution in [1.82, 2.24) is 0 Å². The van der Waals surface area contributed by atoms with Crippen LogP contribution >= 0.6 is 0 Å². The van der Waals surface area contributed by atoms with E-state index in [1.54, 1.807) is 0 Å². The summed E-state index contributed by atoms with van der Waals surface area (Å²) in [6, 6.07) is 0. The molecule has 0 spiro atoms. The molecule has 0 aromatic rings. The van der Waals surface area contributed by atoms with Gasteiger partial charge in [0.15, 0.2) is 6.10 Å². The lowest BCUT2D eigenvalue weighted by Crippen LogP contribution is -2.36. The Hall–Kier alpha value is -1.14. The Kier molecular flexibility index (Phi) is 2.61. The molecule has 1 saturated heterocycles. The first kappa shape index (κ1) is 8.95. The zero-order valence-electron chi connectivity index (χ0n) is 6.10. The Morgan fingerprint density at radius 2 is 1.92 bits per heavy atom. The summed E-state index contributed by atoms with van der Waals surface area (Å²) in [5.41, 5.74) is 0. The van der Waals surface area contributed by atoms with Gasteiger partial charge in [-0.25, -0.2) is 14.6 Å². The summed E-state index contributed by atoms with van der Waals surface area (Å²) in [5.74, 6) is -3.06. The fraction of sp³-hybridized carbons (Fsp3) is 0.667. The summed E-state index contributed by atoms with van der Waals surface area (Å²) in [6.07, 6.45) is -1.22. The number of hydrogen-bond acceptors (Lipinski definition) is 4. The first-order valence-corrected chi connectivity index (χ1v) is 3.35. The normalized spacial score (nSPS) is 29.7. The summed E-state index contributed by atoms with van der Waals surface area (Å²) in [4.78, 5) is 29.4. The van der Waals surface area contributed by atoms with Gasteiger partial charge in [-0.15, -0.1) is 0 Å². The fourth-order valence-electron chi connectivity index (χ4n) is 0.883. The Balaban J connectivity index is 2.51. The quantitative estimate of drug-likeness (QED) is 0.550. The third-order valence-electron chi connectivity index (χ3n) is 1.58. The summed E-state index contributed by atoms with van der Waals surface area (Å²) in [5, 5.41) is 16.9. The maximum absolute atomic E-state index is 10.4. The Bertz CT molecular complexity index is 180. The highest BCUT2D eigenvalue weighted by atomic mass is 17.2. The van der Waals surface area contributed by atoms with Gasteiger partial charge in [0.1, 0.15) is 0 Å². The summed E-state index contributed by atoms with van der Waals surface area (Å²) in [6.45, 7) is -0.0981. The van der Waals surface area contributed by atoms with E-state index in [0.717, 1.165) is 0 Å². The average molecular weight is 176 g/mol. The molecular weight excluding hydrogens is 168 g/mol. The predicted molar refractivity (Wildman–Crippen MR) is 34.2 cm³/mol. The van der Waals surface area contributed by atoms with Crippen molar-refractivity contribution in [3.8, 4) is 0 Å². The molecule has 68 valence electrons. The third-order valence-corrected chi connectivity index (χ3v) is 1.58. The van der Waals surface area contributed by atoms with Crippen molar-refractivity contribution in [2.45, 2.75) is 12.5 Å². The topological polar surface area (TPSA) is 93.1 Å². The second-order valence-corrected chi connectivity index (χ2v) is 2.48. The van der Waals surface area contributed by atoms with E-state index in [0.29, 0.717) is 0 Å². The molecule has 6 heteroatoms. The van der Waals surface area contributed by atoms with E-state index >= 15 is 0 Å². The van der Waals surface area contributed by atoms with Gasteiger partial charge in [0.05, 0.1) is 12.5 Å². The molecule has 1 fully saturated rings. The molecule has 0 aromatic carbocycles. The van der Waals surface area contributed by atoms with E-state index in [4.69, 9.17) is 10.2 Å². The number of carboxylic acid groups (broad SMARTS) is 2. The van der Waals surface area contributed by atoms with Crippen LogP contribution in [-0.2, 0) is 19.4 Å². The summed E-state index contributed by atoms with van der Waals surface area (Å²) < 4.78 is 0. The first-order chi connectivity index (χ1) is 5.61. The number of aliphatic carboxylic acids is 2. The van der Waals surface area contributed by atoms with Crippen molar-refractivity contribution in [1.29, 1.82) is 0 Å². The van der Waals surface area contributed by atoms with Crippen LogP contribution in [-0.4, -0.2) is 34.9 Å². The molecule has 1 heterocycles. The first-order valence-electron chi connectivity index (χ1n) is 3.35. The molecule has 0 saturated carbocycles. The number of rotatable bonds is 2. The molecule has 1 rings (SSSR count). The maximum atomic E-state index is 10.4. The molecule has 12 heavy (non-hydrogen) atoms. The minimum atomic E-state index is -1.21. The van der Waals surface area contributed by atoms with Gasteiger partial charge in [-0.1, -0.05) is 0 Å². The minimum Gasteiger partial charge on any atom is -0.481 e. The third kappa shape index (κ3) is 1.93. The lowest BCUT2D eigenvalue weighted by molar-refractivity contribution is -0.347. The molecule has 0 aromatic heterocycles. The van der Waals surface area contributed by atoms with Crippen LogP contribution in [0.4, 0.5) is 0 Å². The largest absolute Gasteiger partial charge is 0.481 e. The highest BCUT2D eigenvalue weighted by molar-refractivity contribution is 5.75. The van der Waals surface area contributed by atoms with Crippen molar-refractivity contribution in [3.05, 3.63) is 0 Å². The van der Waals surface area contributed by atoms with E-state index < -0.39 is 24.0 Å². The summed E-state index contributed by atoms with van der Waals surface area (Å²) in [7, 11) is 0. The van der Waals surface area contributed by atoms with Crippen molar-refractivity contribution in [2.24, 2.45) is 5.92 Å². The molecule has 0 amide bonds. The predicted octanol–water partition coefficient (Wildman–Crippen LogP) is -0.508. The van der Waals surface area contributed by atoms with Crippen LogP contribution in [0.5, 0.6) is 0 Å². The van der Waals surface area contributed by atoms with Gasteiger partial charge < -0.3 is 10.2 Å². The number of carboxylic acids is 2. The van der Waals surface area contributed by atoms with Crippen LogP contribution in [0, 0.1) is 5.92 Å². The Morgan fingerprint density at radius 3 is 2.42 bits per heavy atom. The number of carbonyl (C=O) groups is 2. The molecule has 1 aliphatic heterocycles. The molecule has 2 atom stereocenters. The van der Waals surface area contributed by atoms with Gasteiger partial charge in [0.25, 0.3) is 0 Å². The maximum Gasteiger partial charge on any atom is 0.336 e. The molecule has 0 aliphatic carbocycles. The van der Waals surface area contributed by atoms with Gasteiger partial charge in [0.2, 0.25) is 0 Å². The van der Waals surface area contributed by atoms with Crippen molar-refractivity contribution >= 4 is 11.9 Å². The van der Waals surface area contributed by atoms with Gasteiger partial charge in [0, 0.05) is 6.42 Å². The fourth-order valence-corrected chi connectivity index (χ4v) is 0.883. The van der Waals surface area contributed by atoms with Crippen molar-refractivity contribution in [3.63, 3.8) is 0 Å². The lowest BCUT2D eigenvalue weighted by atomic mass is 10.0. The van der Waals surface area contributed by atoms with Gasteiger partial charge in [-0.2, -0.15) is 0 Å². The molecule has 6 nitrogen and oxygen atoms in total. The van der Waals surface area contributed by atoms with E-state index in [1.165, 1.54) is 0 Å². The zero-order chi connectivity index (χ0) is 9.14. The highest BCUT2D eigenvalue weighted by Crippen LogP contribution is 2.17. The van der Waals surface area contributed by atoms with Crippen molar-refractivity contribution in [2.75, 3.05) is 6.61 Å². The monoisotopic (exact) mass is 176 g/mol. The van der Waals surface area contributed by atoms with E-state index in [9.17, 15) is 9.59 Å². The average Bonchev–Trinajstić information content (AvgIpc) is 2.04. The summed E-state index contributed by atoms with van der Waals surface area (Å²) >= 11 is 0. The second-order valence-electron chi connectivity index (χ2n) is 2.48. The van der Waals surface area contributed by atoms with Crippen LogP contribution in [0.15, 0.2) is 0 Å².